The Morgan fingerprint density at radius 2 is 2.38 bits per heavy atom. The molecule has 6 heteroatoms. The van der Waals surface area contributed by atoms with E-state index < -0.39 is 0 Å². The van der Waals surface area contributed by atoms with E-state index in [1.807, 2.05) is 12.3 Å². The Hall–Kier alpha value is -1.82. The van der Waals surface area contributed by atoms with E-state index in [4.69, 9.17) is 0 Å². The van der Waals surface area contributed by atoms with Crippen molar-refractivity contribution in [1.29, 1.82) is 0 Å². The van der Waals surface area contributed by atoms with E-state index in [2.05, 4.69) is 48.7 Å². The maximum atomic E-state index is 11.1. The minimum atomic E-state index is 0.0950. The van der Waals surface area contributed by atoms with Gasteiger partial charge in [-0.05, 0) is 37.1 Å². The predicted molar refractivity (Wildman–Crippen MR) is 87.5 cm³/mol. The molecule has 1 aliphatic heterocycles. The van der Waals surface area contributed by atoms with E-state index in [1.54, 1.807) is 6.92 Å². The fraction of sp³-hybridized carbons (Fsp3) is 0.333. The van der Waals surface area contributed by atoms with Crippen LogP contribution >= 0.6 is 15.9 Å². The summed E-state index contributed by atoms with van der Waals surface area (Å²) in [5.41, 5.74) is 2.35. The number of rotatable bonds is 3. The molecule has 0 radical (unpaired) electrons. The van der Waals surface area contributed by atoms with Crippen molar-refractivity contribution in [1.82, 2.24) is 15.6 Å². The number of aliphatic imine (C=N–C) groups is 1. The number of hydrogen-bond donors (Lipinski definition) is 3. The molecule has 0 saturated heterocycles. The van der Waals surface area contributed by atoms with Crippen molar-refractivity contribution >= 4 is 38.6 Å². The van der Waals surface area contributed by atoms with Crippen LogP contribution in [0.1, 0.15) is 24.9 Å². The Balaban J connectivity index is 1.81. The highest BCUT2D eigenvalue weighted by atomic mass is 79.9. The molecule has 1 unspecified atom stereocenters. The number of aromatic nitrogens is 1. The first kappa shape index (κ1) is 14.1. The number of H-pyrrole nitrogens is 1. The van der Waals surface area contributed by atoms with E-state index in [0.29, 0.717) is 12.5 Å². The number of guanidine groups is 1. The number of halogens is 1. The minimum Gasteiger partial charge on any atom is -0.361 e. The molecule has 21 heavy (non-hydrogen) atoms. The van der Waals surface area contributed by atoms with Gasteiger partial charge in [-0.2, -0.15) is 0 Å². The molecule has 0 saturated carbocycles. The molecule has 110 valence electrons. The van der Waals surface area contributed by atoms with Gasteiger partial charge in [-0.15, -0.1) is 0 Å². The molecule has 1 aliphatic rings. The lowest BCUT2D eigenvalue weighted by molar-refractivity contribution is -0.116. The number of Topliss-reactive ketones (excluding diaryl/α,β-unsaturated/α-hetero) is 1. The average molecular weight is 349 g/mol. The lowest BCUT2D eigenvalue weighted by Crippen LogP contribution is -2.44. The zero-order chi connectivity index (χ0) is 14.8. The summed E-state index contributed by atoms with van der Waals surface area (Å²) < 4.78 is 1.07. The molecule has 0 spiro atoms. The summed E-state index contributed by atoms with van der Waals surface area (Å²) in [7, 11) is 0. The first-order chi connectivity index (χ1) is 10.1. The molecule has 0 bridgehead atoms. The van der Waals surface area contributed by atoms with Crippen LogP contribution in [0.5, 0.6) is 0 Å². The zero-order valence-corrected chi connectivity index (χ0v) is 13.3. The molecule has 2 heterocycles. The monoisotopic (exact) mass is 348 g/mol. The number of fused-ring (bicyclic) bond motifs is 1. The third-order valence-electron chi connectivity index (χ3n) is 3.55. The van der Waals surface area contributed by atoms with Crippen molar-refractivity contribution < 1.29 is 4.79 Å². The topological polar surface area (TPSA) is 69.3 Å². The Morgan fingerprint density at radius 1 is 1.52 bits per heavy atom. The van der Waals surface area contributed by atoms with Gasteiger partial charge in [-0.3, -0.25) is 9.79 Å². The van der Waals surface area contributed by atoms with E-state index in [1.165, 1.54) is 10.9 Å². The standard InChI is InChI=1S/C15H17BrN4O/c1-9(21)7-19-15-17-5-4-14(20-15)12-8-18-13-3-2-10(16)6-11(12)13/h2-3,6,8,14,18H,4-5,7H2,1H3,(H2,17,19,20). The zero-order valence-electron chi connectivity index (χ0n) is 11.7. The average Bonchev–Trinajstić information content (AvgIpc) is 2.88. The normalized spacial score (nSPS) is 18.2. The fourth-order valence-electron chi connectivity index (χ4n) is 2.54. The van der Waals surface area contributed by atoms with Crippen LogP contribution in [0.25, 0.3) is 10.9 Å². The summed E-state index contributed by atoms with van der Waals surface area (Å²) in [6.07, 6.45) is 2.98. The maximum Gasteiger partial charge on any atom is 0.192 e. The molecule has 1 aromatic heterocycles. The highest BCUT2D eigenvalue weighted by molar-refractivity contribution is 9.10. The Bertz CT molecular complexity index is 707. The van der Waals surface area contributed by atoms with Gasteiger partial charge in [0, 0.05) is 28.1 Å². The van der Waals surface area contributed by atoms with Crippen LogP contribution in [0, 0.1) is 0 Å². The fourth-order valence-corrected chi connectivity index (χ4v) is 2.90. The lowest BCUT2D eigenvalue weighted by Gasteiger charge is -2.25. The molecule has 5 nitrogen and oxygen atoms in total. The third kappa shape index (κ3) is 3.10. The Kier molecular flexibility index (Phi) is 3.96. The second kappa shape index (κ2) is 5.89. The van der Waals surface area contributed by atoms with Crippen LogP contribution in [0.2, 0.25) is 0 Å². The molecule has 1 atom stereocenters. The van der Waals surface area contributed by atoms with Gasteiger partial charge in [0.2, 0.25) is 0 Å². The number of nitrogens with one attached hydrogen (secondary N) is 3. The molecule has 0 amide bonds. The van der Waals surface area contributed by atoms with E-state index in [0.717, 1.165) is 23.0 Å². The van der Waals surface area contributed by atoms with Gasteiger partial charge in [-0.25, -0.2) is 0 Å². The van der Waals surface area contributed by atoms with Gasteiger partial charge in [0.25, 0.3) is 0 Å². The van der Waals surface area contributed by atoms with E-state index in [9.17, 15) is 4.79 Å². The van der Waals surface area contributed by atoms with E-state index >= 15 is 0 Å². The molecule has 2 aromatic rings. The Morgan fingerprint density at radius 3 is 3.19 bits per heavy atom. The first-order valence-electron chi connectivity index (χ1n) is 6.94. The quantitative estimate of drug-likeness (QED) is 0.798. The Labute approximate surface area is 131 Å². The van der Waals surface area contributed by atoms with Crippen molar-refractivity contribution in [2.75, 3.05) is 13.1 Å². The molecular weight excluding hydrogens is 332 g/mol. The van der Waals surface area contributed by atoms with Crippen molar-refractivity contribution in [3.8, 4) is 0 Å². The number of hydrogen-bond acceptors (Lipinski definition) is 4. The molecule has 0 fully saturated rings. The van der Waals surface area contributed by atoms with Crippen LogP contribution in [-0.4, -0.2) is 29.8 Å². The molecular formula is C15H17BrN4O. The minimum absolute atomic E-state index is 0.0950. The van der Waals surface area contributed by atoms with Crippen LogP contribution in [0.15, 0.2) is 33.9 Å². The van der Waals surface area contributed by atoms with E-state index in [-0.39, 0.29) is 11.8 Å². The maximum absolute atomic E-state index is 11.1. The van der Waals surface area contributed by atoms with Crippen molar-refractivity contribution in [2.45, 2.75) is 19.4 Å². The number of carbonyl (C=O) groups excluding carboxylic acids is 1. The van der Waals surface area contributed by atoms with Gasteiger partial charge < -0.3 is 15.6 Å². The summed E-state index contributed by atoms with van der Waals surface area (Å²) >= 11 is 3.52. The summed E-state index contributed by atoms with van der Waals surface area (Å²) in [6, 6.07) is 6.41. The SMILES string of the molecule is CC(=O)CNC1=NCCC(c2c[nH]c3ccc(Br)cc23)N1. The van der Waals surface area contributed by atoms with Crippen LogP contribution in [0.4, 0.5) is 0 Å². The second-order valence-electron chi connectivity index (χ2n) is 5.21. The number of carbonyl (C=O) groups is 1. The summed E-state index contributed by atoms with van der Waals surface area (Å²) in [4.78, 5) is 18.7. The number of aromatic amines is 1. The smallest absolute Gasteiger partial charge is 0.192 e. The summed E-state index contributed by atoms with van der Waals surface area (Å²) in [5, 5.41) is 7.62. The van der Waals surface area contributed by atoms with Crippen molar-refractivity contribution in [3.63, 3.8) is 0 Å². The molecule has 0 aliphatic carbocycles. The van der Waals surface area contributed by atoms with Crippen LogP contribution in [0.3, 0.4) is 0 Å². The number of nitrogens with zero attached hydrogens (tertiary/aromatic N) is 1. The molecule has 1 aromatic carbocycles. The third-order valence-corrected chi connectivity index (χ3v) is 4.05. The molecule has 3 N–H and O–H groups in total. The lowest BCUT2D eigenvalue weighted by atomic mass is 10.0. The summed E-state index contributed by atoms with van der Waals surface area (Å²) in [5.74, 6) is 0.795. The van der Waals surface area contributed by atoms with Gasteiger partial charge in [-0.1, -0.05) is 15.9 Å². The van der Waals surface area contributed by atoms with Crippen LogP contribution in [-0.2, 0) is 4.79 Å². The van der Waals surface area contributed by atoms with Gasteiger partial charge in [0.15, 0.2) is 5.96 Å². The van der Waals surface area contributed by atoms with Crippen molar-refractivity contribution in [2.24, 2.45) is 4.99 Å². The van der Waals surface area contributed by atoms with Gasteiger partial charge >= 0.3 is 0 Å². The first-order valence-corrected chi connectivity index (χ1v) is 7.73. The van der Waals surface area contributed by atoms with Gasteiger partial charge in [0.1, 0.15) is 5.78 Å². The highest BCUT2D eigenvalue weighted by Crippen LogP contribution is 2.29. The highest BCUT2D eigenvalue weighted by Gasteiger charge is 2.20. The van der Waals surface area contributed by atoms with Gasteiger partial charge in [0.05, 0.1) is 12.6 Å². The number of ketones is 1. The largest absolute Gasteiger partial charge is 0.361 e. The van der Waals surface area contributed by atoms with Crippen LogP contribution < -0.4 is 10.6 Å². The predicted octanol–water partition coefficient (Wildman–Crippen LogP) is 2.50. The molecule has 3 rings (SSSR count). The van der Waals surface area contributed by atoms with Crippen molar-refractivity contribution in [3.05, 3.63) is 34.4 Å². The number of benzene rings is 1. The summed E-state index contributed by atoms with van der Waals surface area (Å²) in [6.45, 7) is 2.61. The second-order valence-corrected chi connectivity index (χ2v) is 6.12.